The van der Waals surface area contributed by atoms with Gasteiger partial charge in [-0.1, -0.05) is 6.92 Å². The van der Waals surface area contributed by atoms with Gasteiger partial charge >= 0.3 is 5.97 Å². The van der Waals surface area contributed by atoms with Crippen molar-refractivity contribution >= 4 is 5.97 Å². The molecule has 2 unspecified atom stereocenters. The van der Waals surface area contributed by atoms with Gasteiger partial charge in [0, 0.05) is 6.42 Å². The second kappa shape index (κ2) is 5.35. The molecule has 0 fully saturated rings. The van der Waals surface area contributed by atoms with Crippen LogP contribution in [0.1, 0.15) is 47.5 Å². The highest BCUT2D eigenvalue weighted by Crippen LogP contribution is 2.18. The Hall–Kier alpha value is -0.570. The number of rotatable bonds is 5. The number of carboxylic acid groups (broad SMARTS) is 1. The Balaban J connectivity index is 3.82. The van der Waals surface area contributed by atoms with Crippen LogP contribution in [-0.4, -0.2) is 22.8 Å². The normalized spacial score (nSPS) is 16.4. The highest BCUT2D eigenvalue weighted by molar-refractivity contribution is 5.66. The minimum atomic E-state index is -0.736. The molecule has 1 N–H and O–H groups in total. The predicted octanol–water partition coefficient (Wildman–Crippen LogP) is 2.69. The van der Waals surface area contributed by atoms with E-state index in [0.717, 1.165) is 6.42 Å². The fourth-order valence-corrected chi connectivity index (χ4v) is 1.60. The number of hydrogen-bond acceptors (Lipinski definition) is 2. The van der Waals surface area contributed by atoms with Gasteiger partial charge < -0.3 is 9.84 Å². The van der Waals surface area contributed by atoms with Gasteiger partial charge in [0.2, 0.25) is 0 Å². The first-order chi connectivity index (χ1) is 6.20. The third-order valence-corrected chi connectivity index (χ3v) is 1.81. The zero-order chi connectivity index (χ0) is 11.4. The number of ether oxygens (including phenoxy) is 1. The third-order valence-electron chi connectivity index (χ3n) is 1.81. The molecule has 0 aliphatic heterocycles. The molecule has 0 saturated carbocycles. The van der Waals surface area contributed by atoms with Crippen molar-refractivity contribution < 1.29 is 14.6 Å². The van der Waals surface area contributed by atoms with Crippen LogP contribution in [0.15, 0.2) is 0 Å². The quantitative estimate of drug-likeness (QED) is 0.745. The van der Waals surface area contributed by atoms with Crippen LogP contribution in [0.4, 0.5) is 0 Å². The summed E-state index contributed by atoms with van der Waals surface area (Å²) in [5, 5.41) is 8.59. The van der Waals surface area contributed by atoms with Gasteiger partial charge in [-0.3, -0.25) is 4.79 Å². The molecule has 0 amide bonds. The molecular formula is C11H22O3. The highest BCUT2D eigenvalue weighted by atomic mass is 16.5. The fraction of sp³-hybridized carbons (Fsp3) is 0.909. The number of hydrogen-bond donors (Lipinski definition) is 1. The topological polar surface area (TPSA) is 46.5 Å². The van der Waals surface area contributed by atoms with E-state index in [1.54, 1.807) is 0 Å². The highest BCUT2D eigenvalue weighted by Gasteiger charge is 2.18. The minimum absolute atomic E-state index is 0.115. The molecule has 0 aromatic rings. The van der Waals surface area contributed by atoms with E-state index in [-0.39, 0.29) is 24.0 Å². The van der Waals surface area contributed by atoms with E-state index < -0.39 is 5.97 Å². The maximum absolute atomic E-state index is 10.4. The average molecular weight is 202 g/mol. The lowest BCUT2D eigenvalue weighted by molar-refractivity contribution is -0.138. The monoisotopic (exact) mass is 202 g/mol. The van der Waals surface area contributed by atoms with Gasteiger partial charge in [-0.2, -0.15) is 0 Å². The molecule has 0 spiro atoms. The smallest absolute Gasteiger partial charge is 0.303 e. The first kappa shape index (κ1) is 13.4. The molecule has 0 heterocycles. The van der Waals surface area contributed by atoms with E-state index in [2.05, 4.69) is 0 Å². The van der Waals surface area contributed by atoms with Gasteiger partial charge in [0.1, 0.15) is 0 Å². The van der Waals surface area contributed by atoms with Crippen molar-refractivity contribution in [3.8, 4) is 0 Å². The Morgan fingerprint density at radius 1 is 1.36 bits per heavy atom. The Morgan fingerprint density at radius 2 is 1.86 bits per heavy atom. The SMILES string of the molecule is CC(CC(=O)O)CC(C)OC(C)(C)C. The third kappa shape index (κ3) is 8.05. The lowest BCUT2D eigenvalue weighted by atomic mass is 10.0. The van der Waals surface area contributed by atoms with Crippen LogP contribution in [0.25, 0.3) is 0 Å². The van der Waals surface area contributed by atoms with Crippen molar-refractivity contribution in [2.45, 2.75) is 59.2 Å². The van der Waals surface area contributed by atoms with E-state index >= 15 is 0 Å². The largest absolute Gasteiger partial charge is 0.481 e. The summed E-state index contributed by atoms with van der Waals surface area (Å²) in [6, 6.07) is 0. The van der Waals surface area contributed by atoms with Crippen LogP contribution in [0.2, 0.25) is 0 Å². The lowest BCUT2D eigenvalue weighted by Gasteiger charge is -2.26. The predicted molar refractivity (Wildman–Crippen MR) is 56.3 cm³/mol. The second-order valence-electron chi connectivity index (χ2n) is 4.98. The van der Waals surface area contributed by atoms with Crippen molar-refractivity contribution in [3.05, 3.63) is 0 Å². The summed E-state index contributed by atoms with van der Waals surface area (Å²) in [5.41, 5.74) is -0.150. The Kier molecular flexibility index (Phi) is 5.13. The summed E-state index contributed by atoms with van der Waals surface area (Å²) in [6.07, 6.45) is 1.13. The van der Waals surface area contributed by atoms with Crippen molar-refractivity contribution in [2.24, 2.45) is 5.92 Å². The summed E-state index contributed by atoms with van der Waals surface area (Å²) in [7, 11) is 0. The van der Waals surface area contributed by atoms with Crippen LogP contribution >= 0.6 is 0 Å². The summed E-state index contributed by atoms with van der Waals surface area (Å²) >= 11 is 0. The van der Waals surface area contributed by atoms with Gasteiger partial charge in [-0.15, -0.1) is 0 Å². The van der Waals surface area contributed by atoms with E-state index in [0.29, 0.717) is 0 Å². The van der Waals surface area contributed by atoms with Gasteiger partial charge in [0.05, 0.1) is 11.7 Å². The van der Waals surface area contributed by atoms with Crippen LogP contribution in [0.3, 0.4) is 0 Å². The molecule has 3 heteroatoms. The zero-order valence-electron chi connectivity index (χ0n) is 9.83. The molecule has 0 bridgehead atoms. The second-order valence-corrected chi connectivity index (χ2v) is 4.98. The average Bonchev–Trinajstić information content (AvgIpc) is 1.77. The van der Waals surface area contributed by atoms with Crippen LogP contribution in [-0.2, 0) is 9.53 Å². The van der Waals surface area contributed by atoms with Gasteiger partial charge in [-0.25, -0.2) is 0 Å². The molecule has 14 heavy (non-hydrogen) atoms. The maximum atomic E-state index is 10.4. The zero-order valence-corrected chi connectivity index (χ0v) is 9.83. The standard InChI is InChI=1S/C11H22O3/c1-8(7-10(12)13)6-9(2)14-11(3,4)5/h8-9H,6-7H2,1-5H3,(H,12,13). The number of carbonyl (C=O) groups is 1. The molecule has 0 saturated heterocycles. The summed E-state index contributed by atoms with van der Waals surface area (Å²) in [4.78, 5) is 10.4. The lowest BCUT2D eigenvalue weighted by Crippen LogP contribution is -2.27. The molecule has 0 aliphatic carbocycles. The van der Waals surface area contributed by atoms with Gasteiger partial charge in [0.25, 0.3) is 0 Å². The molecular weight excluding hydrogens is 180 g/mol. The number of carboxylic acids is 1. The molecule has 84 valence electrons. The maximum Gasteiger partial charge on any atom is 0.303 e. The molecule has 0 radical (unpaired) electrons. The molecule has 3 nitrogen and oxygen atoms in total. The first-order valence-corrected chi connectivity index (χ1v) is 5.10. The molecule has 0 aromatic heterocycles. The summed E-state index contributed by atoms with van der Waals surface area (Å²) in [5.74, 6) is -0.565. The van der Waals surface area contributed by atoms with Crippen LogP contribution < -0.4 is 0 Å². The van der Waals surface area contributed by atoms with Crippen molar-refractivity contribution in [3.63, 3.8) is 0 Å². The van der Waals surface area contributed by atoms with Gasteiger partial charge in [-0.05, 0) is 40.0 Å². The molecule has 2 atom stereocenters. The van der Waals surface area contributed by atoms with Crippen molar-refractivity contribution in [1.29, 1.82) is 0 Å². The first-order valence-electron chi connectivity index (χ1n) is 5.10. The Morgan fingerprint density at radius 3 is 2.21 bits per heavy atom. The van der Waals surface area contributed by atoms with Crippen molar-refractivity contribution in [2.75, 3.05) is 0 Å². The van der Waals surface area contributed by atoms with E-state index in [1.807, 2.05) is 34.6 Å². The number of aliphatic carboxylic acids is 1. The van der Waals surface area contributed by atoms with Crippen LogP contribution in [0, 0.1) is 5.92 Å². The Bertz CT molecular complexity index is 181. The van der Waals surface area contributed by atoms with E-state index in [4.69, 9.17) is 9.84 Å². The fourth-order valence-electron chi connectivity index (χ4n) is 1.60. The Labute approximate surface area is 86.5 Å². The van der Waals surface area contributed by atoms with E-state index in [9.17, 15) is 4.79 Å². The molecule has 0 aliphatic rings. The van der Waals surface area contributed by atoms with E-state index in [1.165, 1.54) is 0 Å². The molecule has 0 rings (SSSR count). The summed E-state index contributed by atoms with van der Waals surface area (Å²) < 4.78 is 5.70. The summed E-state index contributed by atoms with van der Waals surface area (Å²) in [6.45, 7) is 9.95. The van der Waals surface area contributed by atoms with Crippen molar-refractivity contribution in [1.82, 2.24) is 0 Å². The minimum Gasteiger partial charge on any atom is -0.481 e. The molecule has 0 aromatic carbocycles. The van der Waals surface area contributed by atoms with Crippen LogP contribution in [0.5, 0.6) is 0 Å². The van der Waals surface area contributed by atoms with Gasteiger partial charge in [0.15, 0.2) is 0 Å².